The highest BCUT2D eigenvalue weighted by Gasteiger charge is 2.53. The fraction of sp³-hybridized carbons (Fsp3) is 0.684. The maximum atomic E-state index is 13.7. The molecule has 0 spiro atoms. The van der Waals surface area contributed by atoms with Gasteiger partial charge in [0.05, 0.1) is 6.61 Å². The van der Waals surface area contributed by atoms with Crippen LogP contribution >= 0.6 is 7.37 Å². The van der Waals surface area contributed by atoms with Gasteiger partial charge in [0.15, 0.2) is 5.85 Å². The van der Waals surface area contributed by atoms with Crippen LogP contribution in [0.15, 0.2) is 30.3 Å². The third kappa shape index (κ3) is 2.50. The summed E-state index contributed by atoms with van der Waals surface area (Å²) in [6, 6.07) is 9.54. The van der Waals surface area contributed by atoms with Crippen molar-refractivity contribution in [3.05, 3.63) is 30.3 Å². The number of hydrogen-bond donors (Lipinski definition) is 0. The predicted octanol–water partition coefficient (Wildman–Crippen LogP) is 4.11. The molecule has 6 rings (SSSR count). The first-order chi connectivity index (χ1) is 11.7. The summed E-state index contributed by atoms with van der Waals surface area (Å²) in [6.45, 7) is 0.968. The summed E-state index contributed by atoms with van der Waals surface area (Å²) >= 11 is 0. The fourth-order valence-electron chi connectivity index (χ4n) is 5.94. The minimum Gasteiger partial charge on any atom is -0.323 e. The molecule has 1 heterocycles. The highest BCUT2D eigenvalue weighted by Crippen LogP contribution is 2.62. The molecule has 4 aliphatic carbocycles. The van der Waals surface area contributed by atoms with Crippen molar-refractivity contribution in [1.29, 1.82) is 0 Å². The molecule has 1 aromatic carbocycles. The predicted molar refractivity (Wildman–Crippen MR) is 91.1 cm³/mol. The van der Waals surface area contributed by atoms with Gasteiger partial charge in [0.25, 0.3) is 7.37 Å². The monoisotopic (exact) mass is 348 g/mol. The van der Waals surface area contributed by atoms with E-state index >= 15 is 0 Å². The van der Waals surface area contributed by atoms with Gasteiger partial charge < -0.3 is 4.52 Å². The Balaban J connectivity index is 1.38. The van der Waals surface area contributed by atoms with Crippen LogP contribution in [0.2, 0.25) is 0 Å². The van der Waals surface area contributed by atoms with Crippen molar-refractivity contribution in [3.63, 3.8) is 0 Å². The molecule has 0 aromatic heterocycles. The summed E-state index contributed by atoms with van der Waals surface area (Å²) in [6.07, 6.45) is 8.01. The molecule has 1 aromatic rings. The van der Waals surface area contributed by atoms with Gasteiger partial charge in [0.2, 0.25) is 0 Å². The molecular formula is C19H25O4P. The van der Waals surface area contributed by atoms with Crippen LogP contribution in [-0.4, -0.2) is 19.1 Å². The van der Waals surface area contributed by atoms with Crippen molar-refractivity contribution in [1.82, 2.24) is 0 Å². The molecule has 4 nitrogen and oxygen atoms in total. The van der Waals surface area contributed by atoms with Gasteiger partial charge in [0, 0.05) is 5.30 Å². The average molecular weight is 348 g/mol. The van der Waals surface area contributed by atoms with Gasteiger partial charge >= 0.3 is 0 Å². The molecular weight excluding hydrogens is 323 g/mol. The van der Waals surface area contributed by atoms with Gasteiger partial charge in [-0.15, -0.1) is 0 Å². The molecule has 5 fully saturated rings. The molecule has 1 saturated heterocycles. The summed E-state index contributed by atoms with van der Waals surface area (Å²) in [5.41, 5.74) is 0.254. The number of hydrogen-bond acceptors (Lipinski definition) is 4. The first kappa shape index (κ1) is 15.6. The van der Waals surface area contributed by atoms with Crippen molar-refractivity contribution in [2.45, 2.75) is 44.4 Å². The molecule has 0 N–H and O–H groups in total. The molecule has 0 radical (unpaired) electrons. The van der Waals surface area contributed by atoms with Gasteiger partial charge in [-0.2, -0.15) is 0 Å². The lowest BCUT2D eigenvalue weighted by Gasteiger charge is -2.56. The zero-order valence-electron chi connectivity index (χ0n) is 13.9. The normalized spacial score (nSPS) is 42.5. The van der Waals surface area contributed by atoms with Crippen LogP contribution < -0.4 is 5.30 Å². The average Bonchev–Trinajstić information content (AvgIpc) is 2.51. The van der Waals surface area contributed by atoms with Crippen LogP contribution in [0.1, 0.15) is 38.5 Å². The van der Waals surface area contributed by atoms with E-state index in [0.717, 1.165) is 23.1 Å². The summed E-state index contributed by atoms with van der Waals surface area (Å²) in [4.78, 5) is 9.98. The van der Waals surface area contributed by atoms with Crippen molar-refractivity contribution in [2.24, 2.45) is 23.2 Å². The second-order valence-corrected chi connectivity index (χ2v) is 11.0. The van der Waals surface area contributed by atoms with Crippen LogP contribution in [0.5, 0.6) is 0 Å². The maximum Gasteiger partial charge on any atom is 0.265 e. The van der Waals surface area contributed by atoms with E-state index in [-0.39, 0.29) is 5.41 Å². The van der Waals surface area contributed by atoms with Crippen LogP contribution in [0, 0.1) is 23.2 Å². The van der Waals surface area contributed by atoms with E-state index in [9.17, 15) is 4.57 Å². The summed E-state index contributed by atoms with van der Waals surface area (Å²) in [5.74, 6) is 2.17. The molecule has 4 bridgehead atoms. The third-order valence-electron chi connectivity index (χ3n) is 6.61. The Labute approximate surface area is 143 Å². The van der Waals surface area contributed by atoms with E-state index in [1.165, 1.54) is 38.5 Å². The van der Waals surface area contributed by atoms with Crippen molar-refractivity contribution < 1.29 is 18.9 Å². The lowest BCUT2D eigenvalue weighted by Crippen LogP contribution is -2.48. The number of rotatable bonds is 5. The summed E-state index contributed by atoms with van der Waals surface area (Å²) in [7, 11) is -3.05. The van der Waals surface area contributed by atoms with E-state index in [2.05, 4.69) is 0 Å². The van der Waals surface area contributed by atoms with Crippen LogP contribution in [0.25, 0.3) is 0 Å². The first-order valence-electron chi connectivity index (χ1n) is 9.23. The third-order valence-corrected chi connectivity index (χ3v) is 9.14. The molecule has 2 atom stereocenters. The lowest BCUT2D eigenvalue weighted by atomic mass is 9.50. The van der Waals surface area contributed by atoms with E-state index in [4.69, 9.17) is 14.3 Å². The Hall–Kier alpha value is -0.670. The molecule has 0 amide bonds. The van der Waals surface area contributed by atoms with Crippen molar-refractivity contribution >= 4 is 12.7 Å². The summed E-state index contributed by atoms with van der Waals surface area (Å²) in [5, 5.41) is 0.753. The van der Waals surface area contributed by atoms with Crippen LogP contribution in [-0.2, 0) is 18.9 Å². The zero-order valence-corrected chi connectivity index (χ0v) is 14.8. The van der Waals surface area contributed by atoms with E-state index in [1.54, 1.807) is 0 Å². The largest absolute Gasteiger partial charge is 0.323 e. The standard InChI is InChI=1S/C19H25O4P/c20-24(18-12-21-23-18,17-4-2-1-3-5-17)22-13-19-9-14-6-15(10-19)8-16(7-14)11-19/h1-5,14-16,18H,6-13H2. The Bertz CT molecular complexity index is 619. The number of benzene rings is 1. The Morgan fingerprint density at radius 1 is 1.04 bits per heavy atom. The highest BCUT2D eigenvalue weighted by atomic mass is 31.2. The molecule has 4 saturated carbocycles. The molecule has 1 aliphatic heterocycles. The smallest absolute Gasteiger partial charge is 0.265 e. The minimum absolute atomic E-state index is 0.254. The molecule has 5 heteroatoms. The maximum absolute atomic E-state index is 13.7. The van der Waals surface area contributed by atoms with Gasteiger partial charge in [-0.05, 0) is 73.8 Å². The second kappa shape index (κ2) is 5.67. The minimum atomic E-state index is -3.05. The van der Waals surface area contributed by atoms with E-state index in [1.807, 2.05) is 30.3 Å². The Morgan fingerprint density at radius 3 is 2.12 bits per heavy atom. The van der Waals surface area contributed by atoms with Crippen LogP contribution in [0.3, 0.4) is 0 Å². The quantitative estimate of drug-likeness (QED) is 0.593. The molecule has 5 aliphatic rings. The van der Waals surface area contributed by atoms with Crippen molar-refractivity contribution in [2.75, 3.05) is 13.2 Å². The van der Waals surface area contributed by atoms with E-state index in [0.29, 0.717) is 13.2 Å². The Morgan fingerprint density at radius 2 is 1.62 bits per heavy atom. The Kier molecular flexibility index (Phi) is 3.68. The molecule has 24 heavy (non-hydrogen) atoms. The first-order valence-corrected chi connectivity index (χ1v) is 10.9. The van der Waals surface area contributed by atoms with Gasteiger partial charge in [-0.3, -0.25) is 4.57 Å². The van der Waals surface area contributed by atoms with Crippen LogP contribution in [0.4, 0.5) is 0 Å². The highest BCUT2D eigenvalue weighted by molar-refractivity contribution is 7.67. The second-order valence-electron chi connectivity index (χ2n) is 8.46. The topological polar surface area (TPSA) is 44.8 Å². The lowest BCUT2D eigenvalue weighted by molar-refractivity contribution is -0.401. The SMILES string of the molecule is O=P(OCC12CC3CC(CC(C3)C1)C2)(c1ccccc1)C1COO1. The van der Waals surface area contributed by atoms with Gasteiger partial charge in [0.1, 0.15) is 6.61 Å². The van der Waals surface area contributed by atoms with Gasteiger partial charge in [-0.25, -0.2) is 9.78 Å². The fourth-order valence-corrected chi connectivity index (χ4v) is 8.08. The summed E-state index contributed by atoms with van der Waals surface area (Å²) < 4.78 is 19.9. The zero-order chi connectivity index (χ0) is 16.2. The van der Waals surface area contributed by atoms with Gasteiger partial charge in [-0.1, -0.05) is 18.2 Å². The molecule has 130 valence electrons. The van der Waals surface area contributed by atoms with Crippen molar-refractivity contribution in [3.8, 4) is 0 Å². The van der Waals surface area contributed by atoms with E-state index < -0.39 is 13.2 Å². The molecule has 2 unspecified atom stereocenters.